The molecule has 0 saturated carbocycles. The molecular formula is C16H25N3O2. The highest BCUT2D eigenvalue weighted by molar-refractivity contribution is 5.76. The van der Waals surface area contributed by atoms with Crippen LogP contribution in [0.3, 0.4) is 0 Å². The van der Waals surface area contributed by atoms with Gasteiger partial charge in [0, 0.05) is 39.3 Å². The predicted molar refractivity (Wildman–Crippen MR) is 82.7 cm³/mol. The van der Waals surface area contributed by atoms with Gasteiger partial charge in [-0.3, -0.25) is 9.69 Å². The Kier molecular flexibility index (Phi) is 6.17. The second-order valence-corrected chi connectivity index (χ2v) is 5.57. The highest BCUT2D eigenvalue weighted by Crippen LogP contribution is 2.13. The minimum Gasteiger partial charge on any atom is -0.380 e. The summed E-state index contributed by atoms with van der Waals surface area (Å²) in [5, 5.41) is 3.08. The number of likely N-dealkylation sites (tertiary alicyclic amines) is 1. The molecule has 0 bridgehead atoms. The van der Waals surface area contributed by atoms with E-state index in [-0.39, 0.29) is 18.1 Å². The number of nitrogens with zero attached hydrogens (tertiary/aromatic N) is 1. The average Bonchev–Trinajstić information content (AvgIpc) is 2.92. The van der Waals surface area contributed by atoms with E-state index in [1.54, 1.807) is 7.11 Å². The highest BCUT2D eigenvalue weighted by Gasteiger charge is 2.24. The van der Waals surface area contributed by atoms with E-state index in [0.717, 1.165) is 26.1 Å². The first-order valence-corrected chi connectivity index (χ1v) is 7.49. The van der Waals surface area contributed by atoms with Gasteiger partial charge in [-0.25, -0.2) is 0 Å². The minimum atomic E-state index is -0.188. The number of nitrogens with two attached hydrogens (primary N) is 1. The van der Waals surface area contributed by atoms with Crippen LogP contribution in [0.1, 0.15) is 18.4 Å². The third kappa shape index (κ3) is 5.12. The number of rotatable bonds is 7. The molecule has 0 aromatic heterocycles. The van der Waals surface area contributed by atoms with Crippen molar-refractivity contribution in [1.29, 1.82) is 0 Å². The number of nitrogens with one attached hydrogen (secondary N) is 1. The number of carbonyl (C=O) groups excluding carboxylic acids is 1. The second-order valence-electron chi connectivity index (χ2n) is 5.57. The molecule has 1 aromatic carbocycles. The smallest absolute Gasteiger partial charge is 0.222 e. The maximum atomic E-state index is 11.9. The number of hydrogen-bond acceptors (Lipinski definition) is 4. The summed E-state index contributed by atoms with van der Waals surface area (Å²) in [4.78, 5) is 14.3. The summed E-state index contributed by atoms with van der Waals surface area (Å²) >= 11 is 0. The quantitative estimate of drug-likeness (QED) is 0.777. The molecule has 0 radical (unpaired) electrons. The standard InChI is InChI=1S/C16H25N3O2/c1-21-15(10-17)9-16(20)18-14-7-8-19(12-14)11-13-5-3-2-4-6-13/h2-6,14-15H,7-12,17H2,1H3,(H,18,20). The number of hydrogen-bond donors (Lipinski definition) is 2. The number of amides is 1. The van der Waals surface area contributed by atoms with Gasteiger partial charge in [0.25, 0.3) is 0 Å². The SMILES string of the molecule is COC(CN)CC(=O)NC1CCN(Cc2ccccc2)C1. The summed E-state index contributed by atoms with van der Waals surface area (Å²) in [6.07, 6.45) is 1.15. The molecule has 0 spiro atoms. The van der Waals surface area contributed by atoms with Crippen molar-refractivity contribution in [2.75, 3.05) is 26.7 Å². The fraction of sp³-hybridized carbons (Fsp3) is 0.562. The molecule has 2 atom stereocenters. The Labute approximate surface area is 126 Å². The van der Waals surface area contributed by atoms with E-state index in [4.69, 9.17) is 10.5 Å². The van der Waals surface area contributed by atoms with Crippen LogP contribution >= 0.6 is 0 Å². The first-order valence-electron chi connectivity index (χ1n) is 7.49. The largest absolute Gasteiger partial charge is 0.380 e. The lowest BCUT2D eigenvalue weighted by Crippen LogP contribution is -2.39. The molecule has 2 rings (SSSR count). The lowest BCUT2D eigenvalue weighted by Gasteiger charge is -2.18. The van der Waals surface area contributed by atoms with E-state index in [1.165, 1.54) is 5.56 Å². The second kappa shape index (κ2) is 8.12. The van der Waals surface area contributed by atoms with Gasteiger partial charge in [-0.2, -0.15) is 0 Å². The lowest BCUT2D eigenvalue weighted by atomic mass is 10.2. The van der Waals surface area contributed by atoms with E-state index < -0.39 is 0 Å². The Morgan fingerprint density at radius 1 is 1.48 bits per heavy atom. The van der Waals surface area contributed by atoms with Crippen molar-refractivity contribution in [3.8, 4) is 0 Å². The van der Waals surface area contributed by atoms with Gasteiger partial charge in [-0.05, 0) is 12.0 Å². The van der Waals surface area contributed by atoms with Gasteiger partial charge in [-0.1, -0.05) is 30.3 Å². The first kappa shape index (κ1) is 15.9. The zero-order chi connectivity index (χ0) is 15.1. The molecule has 1 aliphatic rings. The van der Waals surface area contributed by atoms with Crippen LogP contribution in [0.15, 0.2) is 30.3 Å². The maximum absolute atomic E-state index is 11.9. The van der Waals surface area contributed by atoms with Gasteiger partial charge < -0.3 is 15.8 Å². The normalized spacial score (nSPS) is 20.4. The lowest BCUT2D eigenvalue weighted by molar-refractivity contribution is -0.124. The third-order valence-electron chi connectivity index (χ3n) is 3.90. The summed E-state index contributed by atoms with van der Waals surface area (Å²) in [7, 11) is 1.59. The van der Waals surface area contributed by atoms with E-state index >= 15 is 0 Å². The zero-order valence-corrected chi connectivity index (χ0v) is 12.6. The molecule has 1 heterocycles. The molecular weight excluding hydrogens is 266 g/mol. The summed E-state index contributed by atoms with van der Waals surface area (Å²) < 4.78 is 5.14. The highest BCUT2D eigenvalue weighted by atomic mass is 16.5. The molecule has 5 nitrogen and oxygen atoms in total. The fourth-order valence-electron chi connectivity index (χ4n) is 2.69. The zero-order valence-electron chi connectivity index (χ0n) is 12.6. The Morgan fingerprint density at radius 3 is 2.90 bits per heavy atom. The molecule has 5 heteroatoms. The summed E-state index contributed by atoms with van der Waals surface area (Å²) in [6, 6.07) is 10.6. The van der Waals surface area contributed by atoms with E-state index in [2.05, 4.69) is 34.5 Å². The maximum Gasteiger partial charge on any atom is 0.222 e. The number of carbonyl (C=O) groups is 1. The summed E-state index contributed by atoms with van der Waals surface area (Å²) in [5.74, 6) is 0.0267. The molecule has 1 saturated heterocycles. The van der Waals surface area contributed by atoms with Crippen molar-refractivity contribution in [3.05, 3.63) is 35.9 Å². The topological polar surface area (TPSA) is 67.6 Å². The number of ether oxygens (including phenoxy) is 1. The van der Waals surface area contributed by atoms with Gasteiger partial charge >= 0.3 is 0 Å². The van der Waals surface area contributed by atoms with Crippen LogP contribution in [0, 0.1) is 0 Å². The van der Waals surface area contributed by atoms with Gasteiger partial charge in [0.05, 0.1) is 12.5 Å². The predicted octanol–water partition coefficient (Wildman–Crippen LogP) is 0.741. The van der Waals surface area contributed by atoms with Crippen LogP contribution in [0.2, 0.25) is 0 Å². The van der Waals surface area contributed by atoms with Crippen LogP contribution < -0.4 is 11.1 Å². The van der Waals surface area contributed by atoms with Gasteiger partial charge in [-0.15, -0.1) is 0 Å². The van der Waals surface area contributed by atoms with Crippen molar-refractivity contribution in [2.45, 2.75) is 31.5 Å². The van der Waals surface area contributed by atoms with E-state index in [1.807, 2.05) is 6.07 Å². The van der Waals surface area contributed by atoms with E-state index in [0.29, 0.717) is 13.0 Å². The minimum absolute atomic E-state index is 0.0267. The molecule has 1 fully saturated rings. The third-order valence-corrected chi connectivity index (χ3v) is 3.90. The summed E-state index contributed by atoms with van der Waals surface area (Å²) in [5.41, 5.74) is 6.85. The molecule has 116 valence electrons. The van der Waals surface area contributed by atoms with Gasteiger partial charge in [0.15, 0.2) is 0 Å². The monoisotopic (exact) mass is 291 g/mol. The summed E-state index contributed by atoms with van der Waals surface area (Å²) in [6.45, 7) is 3.23. The van der Waals surface area contributed by atoms with Crippen molar-refractivity contribution >= 4 is 5.91 Å². The van der Waals surface area contributed by atoms with Gasteiger partial charge in [0.2, 0.25) is 5.91 Å². The van der Waals surface area contributed by atoms with E-state index in [9.17, 15) is 4.79 Å². The number of methoxy groups -OCH3 is 1. The van der Waals surface area contributed by atoms with Crippen molar-refractivity contribution < 1.29 is 9.53 Å². The van der Waals surface area contributed by atoms with Crippen LogP contribution in [0.4, 0.5) is 0 Å². The Morgan fingerprint density at radius 2 is 2.24 bits per heavy atom. The van der Waals surface area contributed by atoms with Crippen molar-refractivity contribution in [2.24, 2.45) is 5.73 Å². The molecule has 21 heavy (non-hydrogen) atoms. The number of benzene rings is 1. The van der Waals surface area contributed by atoms with Crippen molar-refractivity contribution in [3.63, 3.8) is 0 Å². The Bertz CT molecular complexity index is 434. The molecule has 0 aliphatic carbocycles. The fourth-order valence-corrected chi connectivity index (χ4v) is 2.69. The van der Waals surface area contributed by atoms with Crippen LogP contribution in [-0.2, 0) is 16.1 Å². The van der Waals surface area contributed by atoms with Crippen LogP contribution in [0.5, 0.6) is 0 Å². The Balaban J connectivity index is 1.73. The van der Waals surface area contributed by atoms with Crippen LogP contribution in [-0.4, -0.2) is 49.7 Å². The molecule has 1 aromatic rings. The molecule has 1 aliphatic heterocycles. The molecule has 2 unspecified atom stereocenters. The van der Waals surface area contributed by atoms with Crippen LogP contribution in [0.25, 0.3) is 0 Å². The average molecular weight is 291 g/mol. The first-order chi connectivity index (χ1) is 10.2. The van der Waals surface area contributed by atoms with Crippen molar-refractivity contribution in [1.82, 2.24) is 10.2 Å². The molecule has 3 N–H and O–H groups in total. The molecule has 1 amide bonds. The van der Waals surface area contributed by atoms with Gasteiger partial charge in [0.1, 0.15) is 0 Å². The Hall–Kier alpha value is -1.43.